The van der Waals surface area contributed by atoms with Crippen LogP contribution in [-0.4, -0.2) is 48.7 Å². The van der Waals surface area contributed by atoms with Crippen LogP contribution in [0.5, 0.6) is 0 Å². The van der Waals surface area contributed by atoms with E-state index in [-0.39, 0.29) is 5.50 Å². The van der Waals surface area contributed by atoms with Gasteiger partial charge in [0, 0.05) is 49.4 Å². The zero-order chi connectivity index (χ0) is 21.6. The Balaban J connectivity index is 1.93. The van der Waals surface area contributed by atoms with Crippen LogP contribution in [0.3, 0.4) is 0 Å². The number of ether oxygens (including phenoxy) is 1. The Morgan fingerprint density at radius 3 is 2.30 bits per heavy atom. The zero-order valence-corrected chi connectivity index (χ0v) is 19.9. The first-order chi connectivity index (χ1) is 14.3. The topological polar surface area (TPSA) is 28.6 Å². The van der Waals surface area contributed by atoms with Gasteiger partial charge in [0.15, 0.2) is 0 Å². The molecule has 1 atom stereocenters. The highest BCUT2D eigenvalue weighted by Gasteiger charge is 2.24. The SMILES string of the molecule is COC1CCN(c2nc(-c3c(Cl)c(C)cc(C)c3Cl)cc3c2=CC(Cl)N(C)C=3)CC1. The summed E-state index contributed by atoms with van der Waals surface area (Å²) in [6.45, 7) is 5.75. The van der Waals surface area contributed by atoms with Crippen LogP contribution in [0.2, 0.25) is 10.0 Å². The molecule has 0 amide bonds. The molecule has 2 aromatic rings. The van der Waals surface area contributed by atoms with Gasteiger partial charge in [-0.1, -0.05) is 40.9 Å². The van der Waals surface area contributed by atoms with Crippen molar-refractivity contribution < 1.29 is 4.74 Å². The van der Waals surface area contributed by atoms with Crippen LogP contribution < -0.4 is 15.3 Å². The summed E-state index contributed by atoms with van der Waals surface area (Å²) in [5.74, 6) is 0.929. The van der Waals surface area contributed by atoms with Crippen LogP contribution in [0.1, 0.15) is 24.0 Å². The number of methoxy groups -OCH3 is 1. The Morgan fingerprint density at radius 2 is 1.70 bits per heavy atom. The molecule has 1 unspecified atom stereocenters. The standard InChI is InChI=1S/C23H26Cl3N3O/c1-13-9-14(2)22(26)20(21(13)25)18-10-15-12-28(3)19(24)11-17(15)23(27-18)29-7-5-16(30-4)6-8-29/h9-12,16,19H,5-8H2,1-4H3. The lowest BCUT2D eigenvalue weighted by molar-refractivity contribution is 0.0817. The first-order valence-electron chi connectivity index (χ1n) is 10.1. The van der Waals surface area contributed by atoms with Gasteiger partial charge in [-0.2, -0.15) is 0 Å². The minimum Gasteiger partial charge on any atom is -0.381 e. The fourth-order valence-corrected chi connectivity index (χ4v) is 4.95. The van der Waals surface area contributed by atoms with Gasteiger partial charge in [0.05, 0.1) is 21.8 Å². The Labute approximate surface area is 192 Å². The lowest BCUT2D eigenvalue weighted by atomic mass is 10.0. The molecule has 2 aliphatic heterocycles. The molecule has 0 bridgehead atoms. The van der Waals surface area contributed by atoms with Gasteiger partial charge in [0.1, 0.15) is 11.3 Å². The second kappa shape index (κ2) is 8.58. The number of rotatable bonds is 3. The number of hydrogen-bond acceptors (Lipinski definition) is 4. The number of aromatic nitrogens is 1. The number of anilines is 1. The summed E-state index contributed by atoms with van der Waals surface area (Å²) in [6.07, 6.45) is 6.36. The summed E-state index contributed by atoms with van der Waals surface area (Å²) >= 11 is 20.0. The summed E-state index contributed by atoms with van der Waals surface area (Å²) in [5, 5.41) is 3.41. The molecule has 160 valence electrons. The molecule has 0 aliphatic carbocycles. The monoisotopic (exact) mass is 465 g/mol. The van der Waals surface area contributed by atoms with Crippen molar-refractivity contribution in [1.29, 1.82) is 0 Å². The van der Waals surface area contributed by atoms with Crippen LogP contribution >= 0.6 is 34.8 Å². The number of nitrogens with zero attached hydrogens (tertiary/aromatic N) is 3. The zero-order valence-electron chi connectivity index (χ0n) is 17.7. The van der Waals surface area contributed by atoms with Gasteiger partial charge in [0.2, 0.25) is 0 Å². The highest BCUT2D eigenvalue weighted by Crippen LogP contribution is 2.38. The van der Waals surface area contributed by atoms with E-state index in [0.29, 0.717) is 16.1 Å². The fourth-order valence-electron chi connectivity index (χ4n) is 4.22. The van der Waals surface area contributed by atoms with Gasteiger partial charge >= 0.3 is 0 Å². The molecule has 1 saturated heterocycles. The molecular formula is C23H26Cl3N3O. The van der Waals surface area contributed by atoms with Gasteiger partial charge in [-0.25, -0.2) is 4.98 Å². The molecular weight excluding hydrogens is 441 g/mol. The first kappa shape index (κ1) is 21.8. The summed E-state index contributed by atoms with van der Waals surface area (Å²) in [5.41, 5.74) is 3.34. The predicted molar refractivity (Wildman–Crippen MR) is 127 cm³/mol. The molecule has 0 radical (unpaired) electrons. The van der Waals surface area contributed by atoms with Crippen LogP contribution in [0.25, 0.3) is 23.5 Å². The Hall–Kier alpha value is -1.46. The Morgan fingerprint density at radius 1 is 1.07 bits per heavy atom. The molecule has 1 aromatic heterocycles. The minimum absolute atomic E-state index is 0.214. The number of halogens is 3. The van der Waals surface area contributed by atoms with Crippen molar-refractivity contribution in [2.45, 2.75) is 38.3 Å². The van der Waals surface area contributed by atoms with E-state index in [4.69, 9.17) is 44.5 Å². The molecule has 3 heterocycles. The second-order valence-corrected chi connectivity index (χ2v) is 9.31. The molecule has 1 aromatic carbocycles. The van der Waals surface area contributed by atoms with Crippen LogP contribution in [0.15, 0.2) is 12.1 Å². The Bertz CT molecular complexity index is 1070. The van der Waals surface area contributed by atoms with E-state index in [9.17, 15) is 0 Å². The quantitative estimate of drug-likeness (QED) is 0.498. The van der Waals surface area contributed by atoms with E-state index < -0.39 is 0 Å². The first-order valence-corrected chi connectivity index (χ1v) is 11.3. The molecule has 0 N–H and O–H groups in total. The largest absolute Gasteiger partial charge is 0.381 e. The lowest BCUT2D eigenvalue weighted by Gasteiger charge is -2.33. The maximum atomic E-state index is 6.71. The van der Waals surface area contributed by atoms with E-state index in [1.165, 1.54) is 0 Å². The number of aryl methyl sites for hydroxylation is 2. The highest BCUT2D eigenvalue weighted by molar-refractivity contribution is 6.40. The van der Waals surface area contributed by atoms with Crippen molar-refractivity contribution >= 4 is 52.9 Å². The van der Waals surface area contributed by atoms with Crippen molar-refractivity contribution in [3.8, 4) is 11.3 Å². The summed E-state index contributed by atoms with van der Waals surface area (Å²) in [4.78, 5) is 9.39. The number of pyridine rings is 1. The summed E-state index contributed by atoms with van der Waals surface area (Å²) in [6, 6.07) is 4.07. The van der Waals surface area contributed by atoms with E-state index >= 15 is 0 Å². The van der Waals surface area contributed by atoms with Crippen molar-refractivity contribution in [3.05, 3.63) is 43.7 Å². The van der Waals surface area contributed by atoms with Gasteiger partial charge in [-0.3, -0.25) is 0 Å². The number of piperidine rings is 1. The highest BCUT2D eigenvalue weighted by atomic mass is 35.5. The van der Waals surface area contributed by atoms with Crippen LogP contribution in [-0.2, 0) is 4.74 Å². The number of fused-ring (bicyclic) bond motifs is 1. The average molecular weight is 467 g/mol. The lowest BCUT2D eigenvalue weighted by Crippen LogP contribution is -2.45. The molecule has 4 rings (SSSR count). The van der Waals surface area contributed by atoms with E-state index in [1.54, 1.807) is 7.11 Å². The van der Waals surface area contributed by atoms with Gasteiger partial charge in [-0.15, -0.1) is 0 Å². The smallest absolute Gasteiger partial charge is 0.137 e. The molecule has 30 heavy (non-hydrogen) atoms. The molecule has 1 fully saturated rings. The van der Waals surface area contributed by atoms with Gasteiger partial charge in [0.25, 0.3) is 0 Å². The maximum absolute atomic E-state index is 6.71. The summed E-state index contributed by atoms with van der Waals surface area (Å²) in [7, 11) is 3.75. The number of benzene rings is 1. The molecule has 4 nitrogen and oxygen atoms in total. The van der Waals surface area contributed by atoms with Crippen molar-refractivity contribution in [1.82, 2.24) is 9.88 Å². The Kier molecular flexibility index (Phi) is 6.23. The average Bonchev–Trinajstić information content (AvgIpc) is 2.73. The van der Waals surface area contributed by atoms with Crippen molar-refractivity contribution in [2.75, 3.05) is 32.1 Å². The van der Waals surface area contributed by atoms with Gasteiger partial charge in [-0.05, 0) is 50.0 Å². The molecule has 2 aliphatic rings. The fraction of sp³-hybridized carbons (Fsp3) is 0.435. The van der Waals surface area contributed by atoms with Crippen molar-refractivity contribution in [2.24, 2.45) is 0 Å². The predicted octanol–water partition coefficient (Wildman–Crippen LogP) is 4.32. The third kappa shape index (κ3) is 3.91. The van der Waals surface area contributed by atoms with Crippen LogP contribution in [0, 0.1) is 13.8 Å². The van der Waals surface area contributed by atoms with Crippen LogP contribution in [0.4, 0.5) is 5.82 Å². The molecule has 7 heteroatoms. The molecule has 0 saturated carbocycles. The maximum Gasteiger partial charge on any atom is 0.137 e. The van der Waals surface area contributed by atoms with Crippen molar-refractivity contribution in [3.63, 3.8) is 0 Å². The third-order valence-electron chi connectivity index (χ3n) is 6.00. The number of alkyl halides is 1. The molecule has 0 spiro atoms. The summed E-state index contributed by atoms with van der Waals surface area (Å²) < 4.78 is 5.55. The van der Waals surface area contributed by atoms with E-state index in [2.05, 4.69) is 23.2 Å². The number of hydrogen-bond donors (Lipinski definition) is 0. The van der Waals surface area contributed by atoms with E-state index in [1.807, 2.05) is 31.9 Å². The van der Waals surface area contributed by atoms with Gasteiger partial charge < -0.3 is 14.5 Å². The second-order valence-electron chi connectivity index (χ2n) is 8.10. The third-order valence-corrected chi connectivity index (χ3v) is 7.41. The van der Waals surface area contributed by atoms with E-state index in [0.717, 1.165) is 64.6 Å². The normalized spacial score (nSPS) is 19.4. The minimum atomic E-state index is -0.214.